The Kier molecular flexibility index (Phi) is 2.61. The lowest BCUT2D eigenvalue weighted by molar-refractivity contribution is 0.430. The normalized spacial score (nSPS) is 21.4. The van der Waals surface area contributed by atoms with E-state index in [1.165, 1.54) is 6.07 Å². The van der Waals surface area contributed by atoms with Crippen LogP contribution in [-0.2, 0) is 0 Å². The van der Waals surface area contributed by atoms with Crippen LogP contribution in [0.25, 0.3) is 0 Å². The molecule has 2 N–H and O–H groups in total. The molecule has 1 atom stereocenters. The van der Waals surface area contributed by atoms with Gasteiger partial charge in [0.15, 0.2) is 11.6 Å². The molecule has 1 aromatic rings. The quantitative estimate of drug-likeness (QED) is 0.755. The Bertz CT molecular complexity index is 327. The van der Waals surface area contributed by atoms with Gasteiger partial charge in [-0.3, -0.25) is 0 Å². The topological polar surface area (TPSA) is 32.3 Å². The molecular weight excluding hydrogens is 205 g/mol. The van der Waals surface area contributed by atoms with E-state index >= 15 is 0 Å². The predicted octanol–water partition coefficient (Wildman–Crippen LogP) is 2.61. The van der Waals surface area contributed by atoms with E-state index in [0.717, 1.165) is 24.9 Å². The van der Waals surface area contributed by atoms with Crippen molar-refractivity contribution in [3.63, 3.8) is 0 Å². The fourth-order valence-electron chi connectivity index (χ4n) is 1.77. The Morgan fingerprint density at radius 2 is 2.29 bits per heavy atom. The molecule has 2 rings (SSSR count). The average molecular weight is 216 g/mol. The number of hydrogen-bond donors (Lipinski definition) is 2. The molecule has 4 heteroatoms. The standard InChI is InChI=1S/C10H11ClFNO/c11-7-4-6(5-9(14)10(7)12)8-2-1-3-13-8/h4-5,8,13-14H,1-3H2. The van der Waals surface area contributed by atoms with Gasteiger partial charge in [-0.25, -0.2) is 4.39 Å². The summed E-state index contributed by atoms with van der Waals surface area (Å²) in [5.74, 6) is -1.12. The van der Waals surface area contributed by atoms with Crippen LogP contribution >= 0.6 is 11.6 Å². The van der Waals surface area contributed by atoms with E-state index in [4.69, 9.17) is 11.6 Å². The summed E-state index contributed by atoms with van der Waals surface area (Å²) in [6.07, 6.45) is 2.10. The van der Waals surface area contributed by atoms with Gasteiger partial charge in [-0.2, -0.15) is 0 Å². The number of phenols is 1. The first kappa shape index (κ1) is 9.74. The highest BCUT2D eigenvalue weighted by molar-refractivity contribution is 6.30. The molecule has 0 spiro atoms. The van der Waals surface area contributed by atoms with E-state index in [1.807, 2.05) is 0 Å². The van der Waals surface area contributed by atoms with Crippen molar-refractivity contribution in [3.05, 3.63) is 28.5 Å². The van der Waals surface area contributed by atoms with Crippen LogP contribution in [0.5, 0.6) is 5.75 Å². The van der Waals surface area contributed by atoms with E-state index in [0.29, 0.717) is 0 Å². The van der Waals surface area contributed by atoms with Gasteiger partial charge in [-0.05, 0) is 37.1 Å². The molecule has 1 aliphatic heterocycles. The van der Waals surface area contributed by atoms with Crippen molar-refractivity contribution in [1.82, 2.24) is 5.32 Å². The van der Waals surface area contributed by atoms with Gasteiger partial charge in [-0.1, -0.05) is 11.6 Å². The van der Waals surface area contributed by atoms with Gasteiger partial charge in [0.25, 0.3) is 0 Å². The highest BCUT2D eigenvalue weighted by Gasteiger charge is 2.18. The molecule has 76 valence electrons. The van der Waals surface area contributed by atoms with Crippen molar-refractivity contribution in [1.29, 1.82) is 0 Å². The molecular formula is C10H11ClFNO. The molecule has 0 bridgehead atoms. The molecule has 14 heavy (non-hydrogen) atoms. The SMILES string of the molecule is Oc1cc(C2CCCN2)cc(Cl)c1F. The van der Waals surface area contributed by atoms with Gasteiger partial charge in [0, 0.05) is 6.04 Å². The van der Waals surface area contributed by atoms with Crippen molar-refractivity contribution < 1.29 is 9.50 Å². The minimum atomic E-state index is -0.742. The molecule has 0 aliphatic carbocycles. The minimum Gasteiger partial charge on any atom is -0.505 e. The summed E-state index contributed by atoms with van der Waals surface area (Å²) < 4.78 is 13.0. The molecule has 1 heterocycles. The maximum Gasteiger partial charge on any atom is 0.183 e. The Labute approximate surface area is 86.7 Å². The number of phenolic OH excluding ortho intramolecular Hbond substituents is 1. The van der Waals surface area contributed by atoms with E-state index in [9.17, 15) is 9.50 Å². The van der Waals surface area contributed by atoms with Crippen molar-refractivity contribution in [2.75, 3.05) is 6.54 Å². The lowest BCUT2D eigenvalue weighted by Gasteiger charge is -2.11. The fourth-order valence-corrected chi connectivity index (χ4v) is 1.99. The monoisotopic (exact) mass is 215 g/mol. The predicted molar refractivity (Wildman–Crippen MR) is 53.1 cm³/mol. The highest BCUT2D eigenvalue weighted by Crippen LogP contribution is 2.31. The van der Waals surface area contributed by atoms with Crippen LogP contribution in [0.4, 0.5) is 4.39 Å². The smallest absolute Gasteiger partial charge is 0.183 e. The maximum absolute atomic E-state index is 13.0. The maximum atomic E-state index is 13.0. The van der Waals surface area contributed by atoms with E-state index in [1.54, 1.807) is 6.07 Å². The first-order valence-electron chi connectivity index (χ1n) is 4.60. The van der Waals surface area contributed by atoms with Gasteiger partial charge < -0.3 is 10.4 Å². The number of halogens is 2. The number of rotatable bonds is 1. The Balaban J connectivity index is 2.34. The summed E-state index contributed by atoms with van der Waals surface area (Å²) in [7, 11) is 0. The van der Waals surface area contributed by atoms with Crippen molar-refractivity contribution >= 4 is 11.6 Å². The Morgan fingerprint density at radius 1 is 1.50 bits per heavy atom. The molecule has 0 aromatic heterocycles. The van der Waals surface area contributed by atoms with E-state index < -0.39 is 5.82 Å². The van der Waals surface area contributed by atoms with E-state index in [-0.39, 0.29) is 16.8 Å². The largest absolute Gasteiger partial charge is 0.505 e. The first-order valence-corrected chi connectivity index (χ1v) is 4.97. The third kappa shape index (κ3) is 1.70. The average Bonchev–Trinajstić information content (AvgIpc) is 2.66. The summed E-state index contributed by atoms with van der Waals surface area (Å²) in [5, 5.41) is 12.5. The molecule has 1 fully saturated rings. The molecule has 1 aliphatic rings. The van der Waals surface area contributed by atoms with Crippen LogP contribution in [0.3, 0.4) is 0 Å². The van der Waals surface area contributed by atoms with Crippen LogP contribution in [0.15, 0.2) is 12.1 Å². The number of aromatic hydroxyl groups is 1. The van der Waals surface area contributed by atoms with Gasteiger partial charge in [-0.15, -0.1) is 0 Å². The number of nitrogens with one attached hydrogen (secondary N) is 1. The van der Waals surface area contributed by atoms with Crippen LogP contribution in [0, 0.1) is 5.82 Å². The Hall–Kier alpha value is -0.800. The van der Waals surface area contributed by atoms with Crippen LogP contribution in [0.1, 0.15) is 24.4 Å². The van der Waals surface area contributed by atoms with E-state index in [2.05, 4.69) is 5.32 Å². The van der Waals surface area contributed by atoms with Gasteiger partial charge >= 0.3 is 0 Å². The first-order chi connectivity index (χ1) is 6.68. The zero-order valence-electron chi connectivity index (χ0n) is 7.56. The van der Waals surface area contributed by atoms with Crippen LogP contribution in [-0.4, -0.2) is 11.7 Å². The second-order valence-electron chi connectivity index (χ2n) is 3.48. The third-order valence-corrected chi connectivity index (χ3v) is 2.77. The molecule has 0 amide bonds. The van der Waals surface area contributed by atoms with Crippen molar-refractivity contribution in [3.8, 4) is 5.75 Å². The minimum absolute atomic E-state index is 0.0197. The van der Waals surface area contributed by atoms with Gasteiger partial charge in [0.05, 0.1) is 5.02 Å². The van der Waals surface area contributed by atoms with Gasteiger partial charge in [0.1, 0.15) is 0 Å². The highest BCUT2D eigenvalue weighted by atomic mass is 35.5. The van der Waals surface area contributed by atoms with Gasteiger partial charge in [0.2, 0.25) is 0 Å². The lowest BCUT2D eigenvalue weighted by Crippen LogP contribution is -2.12. The number of hydrogen-bond acceptors (Lipinski definition) is 2. The Morgan fingerprint density at radius 3 is 2.86 bits per heavy atom. The fraction of sp³-hybridized carbons (Fsp3) is 0.400. The zero-order chi connectivity index (χ0) is 10.1. The summed E-state index contributed by atoms with van der Waals surface area (Å²) in [6, 6.07) is 3.20. The molecule has 1 unspecified atom stereocenters. The summed E-state index contributed by atoms with van der Waals surface area (Å²) in [5.41, 5.74) is 0.853. The molecule has 0 saturated carbocycles. The molecule has 1 saturated heterocycles. The second kappa shape index (κ2) is 3.75. The summed E-state index contributed by atoms with van der Waals surface area (Å²) >= 11 is 5.63. The molecule has 0 radical (unpaired) electrons. The molecule has 1 aromatic carbocycles. The summed E-state index contributed by atoms with van der Waals surface area (Å²) in [4.78, 5) is 0. The summed E-state index contributed by atoms with van der Waals surface area (Å²) in [6.45, 7) is 0.959. The molecule has 2 nitrogen and oxygen atoms in total. The van der Waals surface area contributed by atoms with Crippen molar-refractivity contribution in [2.24, 2.45) is 0 Å². The number of benzene rings is 1. The van der Waals surface area contributed by atoms with Crippen LogP contribution < -0.4 is 5.32 Å². The zero-order valence-corrected chi connectivity index (χ0v) is 8.31. The lowest BCUT2D eigenvalue weighted by atomic mass is 10.1. The van der Waals surface area contributed by atoms with Crippen molar-refractivity contribution in [2.45, 2.75) is 18.9 Å². The third-order valence-electron chi connectivity index (χ3n) is 2.49. The van der Waals surface area contributed by atoms with Crippen LogP contribution in [0.2, 0.25) is 5.02 Å². The second-order valence-corrected chi connectivity index (χ2v) is 3.89.